The summed E-state index contributed by atoms with van der Waals surface area (Å²) >= 11 is 0. The lowest BCUT2D eigenvalue weighted by Gasteiger charge is -2.23. The number of rotatable bonds is 4. The van der Waals surface area contributed by atoms with E-state index in [2.05, 4.69) is 15.2 Å². The molecule has 6 heteroatoms. The SMILES string of the molecule is O=C1OC(C(=O)NCc2ccc(N3CCCC3)nc2)Cc2ccccc21. The maximum atomic E-state index is 12.4. The Morgan fingerprint density at radius 3 is 2.77 bits per heavy atom. The van der Waals surface area contributed by atoms with Gasteiger partial charge in [0, 0.05) is 32.3 Å². The van der Waals surface area contributed by atoms with E-state index in [0.29, 0.717) is 18.5 Å². The Hall–Kier alpha value is -2.89. The third-order valence-corrected chi connectivity index (χ3v) is 4.89. The number of amides is 1. The third kappa shape index (κ3) is 3.40. The Kier molecular flexibility index (Phi) is 4.56. The number of ether oxygens (including phenoxy) is 1. The van der Waals surface area contributed by atoms with E-state index in [9.17, 15) is 9.59 Å². The summed E-state index contributed by atoms with van der Waals surface area (Å²) in [5.41, 5.74) is 2.31. The second kappa shape index (κ2) is 7.15. The standard InChI is InChI=1S/C20H21N3O3/c24-19(17-11-15-5-1-2-6-16(15)20(25)26-17)22-13-14-7-8-18(21-12-14)23-9-3-4-10-23/h1-2,5-8,12,17H,3-4,9-11,13H2,(H,22,24). The third-order valence-electron chi connectivity index (χ3n) is 4.89. The average molecular weight is 351 g/mol. The molecule has 0 aliphatic carbocycles. The van der Waals surface area contributed by atoms with Crippen molar-refractivity contribution in [3.05, 3.63) is 59.3 Å². The molecule has 1 atom stereocenters. The van der Waals surface area contributed by atoms with Crippen molar-refractivity contribution < 1.29 is 14.3 Å². The van der Waals surface area contributed by atoms with E-state index in [1.165, 1.54) is 12.8 Å². The Bertz CT molecular complexity index is 813. The van der Waals surface area contributed by atoms with Gasteiger partial charge >= 0.3 is 5.97 Å². The van der Waals surface area contributed by atoms with Crippen LogP contribution in [0.5, 0.6) is 0 Å². The Morgan fingerprint density at radius 1 is 1.19 bits per heavy atom. The molecule has 0 radical (unpaired) electrons. The number of carbonyl (C=O) groups is 2. The molecule has 0 saturated carbocycles. The van der Waals surface area contributed by atoms with Crippen LogP contribution in [0.3, 0.4) is 0 Å². The van der Waals surface area contributed by atoms with E-state index in [4.69, 9.17) is 4.74 Å². The van der Waals surface area contributed by atoms with Gasteiger partial charge in [0.15, 0.2) is 6.10 Å². The summed E-state index contributed by atoms with van der Waals surface area (Å²) in [4.78, 5) is 31.2. The Balaban J connectivity index is 1.35. The molecule has 1 aromatic carbocycles. The first kappa shape index (κ1) is 16.6. The number of anilines is 1. The number of fused-ring (bicyclic) bond motifs is 1. The van der Waals surface area contributed by atoms with Crippen LogP contribution in [0.2, 0.25) is 0 Å². The van der Waals surface area contributed by atoms with Crippen molar-refractivity contribution >= 4 is 17.7 Å². The summed E-state index contributed by atoms with van der Waals surface area (Å²) in [6.07, 6.45) is 3.83. The summed E-state index contributed by atoms with van der Waals surface area (Å²) in [5, 5.41) is 2.84. The van der Waals surface area contributed by atoms with Crippen molar-refractivity contribution in [1.82, 2.24) is 10.3 Å². The summed E-state index contributed by atoms with van der Waals surface area (Å²) in [5.74, 6) is 0.260. The number of pyridine rings is 1. The van der Waals surface area contributed by atoms with Crippen LogP contribution in [-0.4, -0.2) is 36.1 Å². The lowest BCUT2D eigenvalue weighted by atomic mass is 9.98. The molecule has 0 spiro atoms. The van der Waals surface area contributed by atoms with Gasteiger partial charge in [-0.1, -0.05) is 24.3 Å². The van der Waals surface area contributed by atoms with Gasteiger partial charge in [-0.25, -0.2) is 9.78 Å². The average Bonchev–Trinajstić information content (AvgIpc) is 3.21. The molecule has 1 unspecified atom stereocenters. The minimum Gasteiger partial charge on any atom is -0.448 e. The molecule has 4 rings (SSSR count). The highest BCUT2D eigenvalue weighted by atomic mass is 16.5. The number of cyclic esters (lactones) is 1. The van der Waals surface area contributed by atoms with Gasteiger partial charge in [-0.15, -0.1) is 0 Å². The molecule has 1 aromatic heterocycles. The van der Waals surface area contributed by atoms with Crippen molar-refractivity contribution in [3.8, 4) is 0 Å². The minimum atomic E-state index is -0.783. The number of nitrogens with one attached hydrogen (secondary N) is 1. The number of benzene rings is 1. The van der Waals surface area contributed by atoms with Crippen LogP contribution < -0.4 is 10.2 Å². The van der Waals surface area contributed by atoms with Gasteiger partial charge < -0.3 is 15.0 Å². The van der Waals surface area contributed by atoms with Gasteiger partial charge in [0.25, 0.3) is 5.91 Å². The predicted molar refractivity (Wildman–Crippen MR) is 96.9 cm³/mol. The summed E-state index contributed by atoms with van der Waals surface area (Å²) < 4.78 is 5.28. The van der Waals surface area contributed by atoms with Gasteiger partial charge in [-0.05, 0) is 36.1 Å². The summed E-state index contributed by atoms with van der Waals surface area (Å²) in [6, 6.07) is 11.2. The van der Waals surface area contributed by atoms with E-state index in [1.54, 1.807) is 18.3 Å². The first-order valence-electron chi connectivity index (χ1n) is 8.97. The highest BCUT2D eigenvalue weighted by molar-refractivity contribution is 5.95. The van der Waals surface area contributed by atoms with E-state index in [1.807, 2.05) is 24.3 Å². The molecule has 0 bridgehead atoms. The van der Waals surface area contributed by atoms with Gasteiger partial charge in [0.1, 0.15) is 5.82 Å². The van der Waals surface area contributed by atoms with Crippen LogP contribution >= 0.6 is 0 Å². The molecule has 2 aliphatic heterocycles. The fourth-order valence-corrected chi connectivity index (χ4v) is 3.44. The molecule has 134 valence electrons. The number of nitrogens with zero attached hydrogens (tertiary/aromatic N) is 2. The van der Waals surface area contributed by atoms with Crippen molar-refractivity contribution in [1.29, 1.82) is 0 Å². The van der Waals surface area contributed by atoms with Crippen molar-refractivity contribution in [2.75, 3.05) is 18.0 Å². The van der Waals surface area contributed by atoms with Crippen molar-refractivity contribution in [2.45, 2.75) is 31.9 Å². The fraction of sp³-hybridized carbons (Fsp3) is 0.350. The smallest absolute Gasteiger partial charge is 0.339 e. The molecule has 1 fully saturated rings. The zero-order valence-corrected chi connectivity index (χ0v) is 14.5. The number of esters is 1. The van der Waals surface area contributed by atoms with Gasteiger partial charge in [-0.2, -0.15) is 0 Å². The van der Waals surface area contributed by atoms with Crippen molar-refractivity contribution in [3.63, 3.8) is 0 Å². The highest BCUT2D eigenvalue weighted by Gasteiger charge is 2.30. The first-order valence-corrected chi connectivity index (χ1v) is 8.97. The van der Waals surface area contributed by atoms with Crippen molar-refractivity contribution in [2.24, 2.45) is 0 Å². The Morgan fingerprint density at radius 2 is 2.00 bits per heavy atom. The number of aromatic nitrogens is 1. The van der Waals surface area contributed by atoms with Crippen LogP contribution in [-0.2, 0) is 22.5 Å². The molecule has 1 saturated heterocycles. The summed E-state index contributed by atoms with van der Waals surface area (Å²) in [7, 11) is 0. The maximum absolute atomic E-state index is 12.4. The fourth-order valence-electron chi connectivity index (χ4n) is 3.44. The van der Waals surface area contributed by atoms with E-state index in [-0.39, 0.29) is 5.91 Å². The quantitative estimate of drug-likeness (QED) is 0.854. The molecule has 26 heavy (non-hydrogen) atoms. The molecule has 2 aliphatic rings. The molecule has 1 amide bonds. The monoisotopic (exact) mass is 351 g/mol. The lowest BCUT2D eigenvalue weighted by Crippen LogP contribution is -2.41. The lowest BCUT2D eigenvalue weighted by molar-refractivity contribution is -0.130. The predicted octanol–water partition coefficient (Wildman–Crippen LogP) is 2.08. The molecule has 2 aromatic rings. The van der Waals surface area contributed by atoms with Crippen LogP contribution in [0, 0.1) is 0 Å². The second-order valence-corrected chi connectivity index (χ2v) is 6.69. The molecule has 3 heterocycles. The second-order valence-electron chi connectivity index (χ2n) is 6.69. The van der Waals surface area contributed by atoms with Crippen LogP contribution in [0.1, 0.15) is 34.3 Å². The summed E-state index contributed by atoms with van der Waals surface area (Å²) in [6.45, 7) is 2.47. The normalized spacial score (nSPS) is 19.0. The van der Waals surface area contributed by atoms with Crippen LogP contribution in [0.15, 0.2) is 42.6 Å². The molecular weight excluding hydrogens is 330 g/mol. The van der Waals surface area contributed by atoms with E-state index < -0.39 is 12.1 Å². The topological polar surface area (TPSA) is 71.5 Å². The number of hydrogen-bond donors (Lipinski definition) is 1. The number of hydrogen-bond acceptors (Lipinski definition) is 5. The van der Waals surface area contributed by atoms with Gasteiger partial charge in [0.05, 0.1) is 5.56 Å². The minimum absolute atomic E-state index is 0.281. The largest absolute Gasteiger partial charge is 0.448 e. The first-order chi connectivity index (χ1) is 12.7. The zero-order chi connectivity index (χ0) is 17.9. The van der Waals surface area contributed by atoms with Crippen LogP contribution in [0.4, 0.5) is 5.82 Å². The number of carbonyl (C=O) groups excluding carboxylic acids is 2. The molecule has 6 nitrogen and oxygen atoms in total. The van der Waals surface area contributed by atoms with Gasteiger partial charge in [0.2, 0.25) is 0 Å². The zero-order valence-electron chi connectivity index (χ0n) is 14.5. The highest BCUT2D eigenvalue weighted by Crippen LogP contribution is 2.21. The maximum Gasteiger partial charge on any atom is 0.339 e. The molecule has 1 N–H and O–H groups in total. The van der Waals surface area contributed by atoms with Crippen LogP contribution in [0.25, 0.3) is 0 Å². The van der Waals surface area contributed by atoms with E-state index >= 15 is 0 Å². The Labute approximate surface area is 152 Å². The van der Waals surface area contributed by atoms with Gasteiger partial charge in [-0.3, -0.25) is 4.79 Å². The molecular formula is C20H21N3O3. The van der Waals surface area contributed by atoms with E-state index in [0.717, 1.165) is 30.0 Å².